The van der Waals surface area contributed by atoms with Crippen molar-refractivity contribution in [3.63, 3.8) is 0 Å². The lowest BCUT2D eigenvalue weighted by Crippen LogP contribution is -2.48. The van der Waals surface area contributed by atoms with Gasteiger partial charge in [0, 0.05) is 38.3 Å². The van der Waals surface area contributed by atoms with E-state index < -0.39 is 0 Å². The molecule has 0 saturated carbocycles. The van der Waals surface area contributed by atoms with Gasteiger partial charge in [-0.15, -0.1) is 0 Å². The van der Waals surface area contributed by atoms with Crippen LogP contribution in [0.3, 0.4) is 0 Å². The van der Waals surface area contributed by atoms with Gasteiger partial charge in [0.05, 0.1) is 6.61 Å². The van der Waals surface area contributed by atoms with Crippen LogP contribution in [0.2, 0.25) is 0 Å². The van der Waals surface area contributed by atoms with Gasteiger partial charge in [-0.25, -0.2) is 0 Å². The van der Waals surface area contributed by atoms with Crippen molar-refractivity contribution in [2.45, 2.75) is 27.0 Å². The Balaban J connectivity index is 1.30. The molecule has 0 spiro atoms. The highest BCUT2D eigenvalue weighted by Gasteiger charge is 2.22. The standard InChI is InChI=1S/C28H32N2O3/c1-3-32-26-11-13-27(14-12-26)33-21-23-8-6-10-24(19-23)28(31)30-17-15-29(16-18-30)20-25-9-5-4-7-22(25)2/h4-14,19H,3,15-18,20-21H2,1-2H3. The van der Waals surface area contributed by atoms with E-state index in [-0.39, 0.29) is 5.91 Å². The Hall–Kier alpha value is -3.31. The summed E-state index contributed by atoms with van der Waals surface area (Å²) in [7, 11) is 0. The molecule has 0 unspecified atom stereocenters. The van der Waals surface area contributed by atoms with Crippen LogP contribution < -0.4 is 9.47 Å². The molecule has 5 nitrogen and oxygen atoms in total. The average molecular weight is 445 g/mol. The molecule has 1 aliphatic rings. The number of carbonyl (C=O) groups is 1. The van der Waals surface area contributed by atoms with Gasteiger partial charge >= 0.3 is 0 Å². The Morgan fingerprint density at radius 2 is 1.55 bits per heavy atom. The number of hydrogen-bond donors (Lipinski definition) is 0. The minimum atomic E-state index is 0.0912. The zero-order valence-corrected chi connectivity index (χ0v) is 19.5. The molecule has 3 aromatic rings. The molecule has 3 aromatic carbocycles. The van der Waals surface area contributed by atoms with Crippen molar-refractivity contribution in [2.75, 3.05) is 32.8 Å². The molecule has 1 heterocycles. The lowest BCUT2D eigenvalue weighted by Gasteiger charge is -2.35. The molecule has 4 rings (SSSR count). The first-order valence-corrected chi connectivity index (χ1v) is 11.6. The summed E-state index contributed by atoms with van der Waals surface area (Å²) in [5, 5.41) is 0. The molecule has 1 amide bonds. The van der Waals surface area contributed by atoms with E-state index in [1.165, 1.54) is 11.1 Å². The van der Waals surface area contributed by atoms with Crippen LogP contribution in [0.1, 0.15) is 34.0 Å². The van der Waals surface area contributed by atoms with Crippen LogP contribution >= 0.6 is 0 Å². The van der Waals surface area contributed by atoms with Crippen molar-refractivity contribution in [1.29, 1.82) is 0 Å². The lowest BCUT2D eigenvalue weighted by molar-refractivity contribution is 0.0628. The molecular weight excluding hydrogens is 412 g/mol. The van der Waals surface area contributed by atoms with Crippen molar-refractivity contribution >= 4 is 5.91 Å². The molecule has 0 radical (unpaired) electrons. The number of carbonyl (C=O) groups excluding carboxylic acids is 1. The summed E-state index contributed by atoms with van der Waals surface area (Å²) in [6, 6.07) is 23.9. The van der Waals surface area contributed by atoms with Gasteiger partial charge in [-0.2, -0.15) is 0 Å². The maximum absolute atomic E-state index is 13.1. The van der Waals surface area contributed by atoms with Crippen molar-refractivity contribution in [2.24, 2.45) is 0 Å². The fourth-order valence-corrected chi connectivity index (χ4v) is 4.08. The van der Waals surface area contributed by atoms with Gasteiger partial charge in [0.15, 0.2) is 0 Å². The van der Waals surface area contributed by atoms with Crippen LogP contribution in [0.5, 0.6) is 11.5 Å². The number of rotatable bonds is 8. The van der Waals surface area contributed by atoms with Crippen molar-refractivity contribution in [3.05, 3.63) is 95.1 Å². The predicted molar refractivity (Wildman–Crippen MR) is 131 cm³/mol. The van der Waals surface area contributed by atoms with Crippen LogP contribution in [-0.4, -0.2) is 48.5 Å². The molecule has 5 heteroatoms. The number of aryl methyl sites for hydroxylation is 1. The predicted octanol–water partition coefficient (Wildman–Crippen LogP) is 4.93. The summed E-state index contributed by atoms with van der Waals surface area (Å²) in [6.07, 6.45) is 0. The van der Waals surface area contributed by atoms with E-state index in [1.807, 2.05) is 60.4 Å². The maximum atomic E-state index is 13.1. The zero-order chi connectivity index (χ0) is 23.0. The van der Waals surface area contributed by atoms with Gasteiger partial charge in [-0.1, -0.05) is 36.4 Å². The van der Waals surface area contributed by atoms with E-state index >= 15 is 0 Å². The molecule has 0 N–H and O–H groups in total. The van der Waals surface area contributed by atoms with Gasteiger partial charge in [0.1, 0.15) is 18.1 Å². The topological polar surface area (TPSA) is 42.0 Å². The molecule has 1 saturated heterocycles. The molecule has 0 aliphatic carbocycles. The van der Waals surface area contributed by atoms with Crippen molar-refractivity contribution < 1.29 is 14.3 Å². The molecular formula is C28H32N2O3. The Bertz CT molecular complexity index is 1060. The summed E-state index contributed by atoms with van der Waals surface area (Å²) < 4.78 is 11.4. The van der Waals surface area contributed by atoms with Crippen LogP contribution in [0.25, 0.3) is 0 Å². The summed E-state index contributed by atoms with van der Waals surface area (Å²) >= 11 is 0. The second kappa shape index (κ2) is 11.0. The quantitative estimate of drug-likeness (QED) is 0.494. The minimum Gasteiger partial charge on any atom is -0.494 e. The normalized spacial score (nSPS) is 14.2. The molecule has 1 fully saturated rings. The first kappa shape index (κ1) is 22.9. The van der Waals surface area contributed by atoms with Gasteiger partial charge in [-0.05, 0) is 66.9 Å². The molecule has 0 atom stereocenters. The number of amides is 1. The third-order valence-corrected chi connectivity index (χ3v) is 6.03. The summed E-state index contributed by atoms with van der Waals surface area (Å²) in [5.74, 6) is 1.70. The first-order chi connectivity index (χ1) is 16.1. The minimum absolute atomic E-state index is 0.0912. The van der Waals surface area contributed by atoms with Gasteiger partial charge < -0.3 is 14.4 Å². The molecule has 0 bridgehead atoms. The van der Waals surface area contributed by atoms with Gasteiger partial charge in [0.2, 0.25) is 0 Å². The molecule has 0 aromatic heterocycles. The van der Waals surface area contributed by atoms with E-state index in [9.17, 15) is 4.79 Å². The number of piperazine rings is 1. The maximum Gasteiger partial charge on any atom is 0.253 e. The van der Waals surface area contributed by atoms with E-state index in [4.69, 9.17) is 9.47 Å². The number of ether oxygens (including phenoxy) is 2. The highest BCUT2D eigenvalue weighted by molar-refractivity contribution is 5.94. The Kier molecular flexibility index (Phi) is 7.63. The van der Waals surface area contributed by atoms with Gasteiger partial charge in [0.25, 0.3) is 5.91 Å². The SMILES string of the molecule is CCOc1ccc(OCc2cccc(C(=O)N3CCN(Cc4ccccc4C)CC3)c2)cc1. The largest absolute Gasteiger partial charge is 0.494 e. The van der Waals surface area contributed by atoms with Crippen LogP contribution in [0.15, 0.2) is 72.8 Å². The highest BCUT2D eigenvalue weighted by atomic mass is 16.5. The average Bonchev–Trinajstić information content (AvgIpc) is 2.85. The second-order valence-electron chi connectivity index (χ2n) is 8.39. The van der Waals surface area contributed by atoms with Crippen LogP contribution in [0, 0.1) is 6.92 Å². The third kappa shape index (κ3) is 6.14. The molecule has 172 valence electrons. The number of hydrogen-bond acceptors (Lipinski definition) is 4. The number of benzene rings is 3. The first-order valence-electron chi connectivity index (χ1n) is 11.6. The smallest absolute Gasteiger partial charge is 0.253 e. The van der Waals surface area contributed by atoms with Crippen LogP contribution in [0.4, 0.5) is 0 Å². The zero-order valence-electron chi connectivity index (χ0n) is 19.5. The Morgan fingerprint density at radius 3 is 2.24 bits per heavy atom. The molecule has 1 aliphatic heterocycles. The van der Waals surface area contributed by atoms with E-state index in [2.05, 4.69) is 36.1 Å². The highest BCUT2D eigenvalue weighted by Crippen LogP contribution is 2.20. The Morgan fingerprint density at radius 1 is 0.848 bits per heavy atom. The summed E-state index contributed by atoms with van der Waals surface area (Å²) in [4.78, 5) is 17.5. The monoisotopic (exact) mass is 444 g/mol. The van der Waals surface area contributed by atoms with Crippen molar-refractivity contribution in [1.82, 2.24) is 9.80 Å². The fraction of sp³-hybridized carbons (Fsp3) is 0.321. The number of nitrogens with zero attached hydrogens (tertiary/aromatic N) is 2. The summed E-state index contributed by atoms with van der Waals surface area (Å²) in [6.45, 7) is 9.39. The Labute approximate surface area is 196 Å². The molecule has 33 heavy (non-hydrogen) atoms. The van der Waals surface area contributed by atoms with E-state index in [0.717, 1.165) is 55.3 Å². The second-order valence-corrected chi connectivity index (χ2v) is 8.39. The van der Waals surface area contributed by atoms with E-state index in [0.29, 0.717) is 13.2 Å². The third-order valence-electron chi connectivity index (χ3n) is 6.03. The van der Waals surface area contributed by atoms with Crippen LogP contribution in [-0.2, 0) is 13.2 Å². The van der Waals surface area contributed by atoms with E-state index in [1.54, 1.807) is 0 Å². The summed E-state index contributed by atoms with van der Waals surface area (Å²) in [5.41, 5.74) is 4.38. The lowest BCUT2D eigenvalue weighted by atomic mass is 10.1. The van der Waals surface area contributed by atoms with Crippen molar-refractivity contribution in [3.8, 4) is 11.5 Å². The van der Waals surface area contributed by atoms with Gasteiger partial charge in [-0.3, -0.25) is 9.69 Å². The fourth-order valence-electron chi connectivity index (χ4n) is 4.08.